The zero-order valence-corrected chi connectivity index (χ0v) is 13.2. The van der Waals surface area contributed by atoms with Gasteiger partial charge in [-0.25, -0.2) is 0 Å². The van der Waals surface area contributed by atoms with Crippen LogP contribution in [0.15, 0.2) is 0 Å². The van der Waals surface area contributed by atoms with E-state index in [1.807, 2.05) is 25.6 Å². The van der Waals surface area contributed by atoms with E-state index in [0.717, 1.165) is 30.6 Å². The molecule has 0 spiro atoms. The zero-order chi connectivity index (χ0) is 14.5. The number of nitriles is 1. The fourth-order valence-electron chi connectivity index (χ4n) is 1.97. The first-order valence-corrected chi connectivity index (χ1v) is 7.79. The van der Waals surface area contributed by atoms with E-state index in [0.29, 0.717) is 11.4 Å². The van der Waals surface area contributed by atoms with Crippen molar-refractivity contribution in [3.63, 3.8) is 0 Å². The van der Waals surface area contributed by atoms with E-state index in [1.165, 1.54) is 0 Å². The predicted molar refractivity (Wildman–Crippen MR) is 81.5 cm³/mol. The van der Waals surface area contributed by atoms with Crippen molar-refractivity contribution in [1.82, 2.24) is 10.2 Å². The van der Waals surface area contributed by atoms with Crippen molar-refractivity contribution in [1.29, 1.82) is 5.26 Å². The van der Waals surface area contributed by atoms with Gasteiger partial charge in [0.2, 0.25) is 0 Å². The van der Waals surface area contributed by atoms with Gasteiger partial charge in [-0.05, 0) is 38.5 Å². The van der Waals surface area contributed by atoms with Crippen molar-refractivity contribution in [2.24, 2.45) is 0 Å². The highest BCUT2D eigenvalue weighted by Crippen LogP contribution is 2.31. The number of aryl methyl sites for hydroxylation is 1. The third-order valence-electron chi connectivity index (χ3n) is 3.87. The molecule has 1 rings (SSSR count). The summed E-state index contributed by atoms with van der Waals surface area (Å²) in [4.78, 5) is 0. The molecule has 5 heteroatoms. The van der Waals surface area contributed by atoms with Crippen LogP contribution in [0.25, 0.3) is 0 Å². The molecule has 19 heavy (non-hydrogen) atoms. The smallest absolute Gasteiger partial charge is 0.166 e. The summed E-state index contributed by atoms with van der Waals surface area (Å²) in [5.41, 5.74) is 2.32. The minimum Gasteiger partial charge on any atom is -0.366 e. The molecule has 1 aromatic rings. The summed E-state index contributed by atoms with van der Waals surface area (Å²) in [6.45, 7) is 8.97. The van der Waals surface area contributed by atoms with Crippen molar-refractivity contribution >= 4 is 17.6 Å². The van der Waals surface area contributed by atoms with Crippen LogP contribution >= 0.6 is 11.8 Å². The second-order valence-electron chi connectivity index (χ2n) is 4.69. The number of anilines is 1. The molecule has 0 saturated carbocycles. The van der Waals surface area contributed by atoms with Crippen LogP contribution in [0.5, 0.6) is 0 Å². The first kappa shape index (κ1) is 15.8. The lowest BCUT2D eigenvalue weighted by molar-refractivity contribution is 0.573. The summed E-state index contributed by atoms with van der Waals surface area (Å²) in [5, 5.41) is 20.8. The predicted octanol–water partition coefficient (Wildman–Crippen LogP) is 3.30. The number of rotatable bonds is 6. The number of aromatic nitrogens is 2. The molecule has 1 N–H and O–H groups in total. The van der Waals surface area contributed by atoms with Crippen molar-refractivity contribution in [3.05, 3.63) is 16.8 Å². The van der Waals surface area contributed by atoms with E-state index in [-0.39, 0.29) is 4.75 Å². The first-order chi connectivity index (χ1) is 9.03. The Balaban J connectivity index is 2.96. The standard InChI is InChI=1S/C14H22N4S/c1-6-14(7-2,19-5)9-16-13-12(8-15)10(3)11(4)17-18-13/h6-7,9H2,1-5H3,(H,16,18). The van der Waals surface area contributed by atoms with Crippen LogP contribution in [0.2, 0.25) is 0 Å². The molecule has 0 radical (unpaired) electrons. The fourth-order valence-corrected chi connectivity index (χ4v) is 2.77. The maximum absolute atomic E-state index is 9.26. The quantitative estimate of drug-likeness (QED) is 0.865. The van der Waals surface area contributed by atoms with Crippen molar-refractivity contribution in [2.75, 3.05) is 18.1 Å². The average Bonchev–Trinajstić information content (AvgIpc) is 2.45. The highest BCUT2D eigenvalue weighted by Gasteiger charge is 2.25. The Labute approximate surface area is 120 Å². The van der Waals surface area contributed by atoms with Gasteiger partial charge in [-0.15, -0.1) is 5.10 Å². The van der Waals surface area contributed by atoms with Crippen LogP contribution in [-0.2, 0) is 0 Å². The van der Waals surface area contributed by atoms with Crippen LogP contribution in [0, 0.1) is 25.2 Å². The van der Waals surface area contributed by atoms with Crippen LogP contribution < -0.4 is 5.32 Å². The topological polar surface area (TPSA) is 61.6 Å². The van der Waals surface area contributed by atoms with Crippen molar-refractivity contribution in [2.45, 2.75) is 45.3 Å². The van der Waals surface area contributed by atoms with Gasteiger partial charge in [0.25, 0.3) is 0 Å². The Hall–Kier alpha value is -1.28. The van der Waals surface area contributed by atoms with Gasteiger partial charge >= 0.3 is 0 Å². The Kier molecular flexibility index (Phi) is 5.61. The molecule has 1 aromatic heterocycles. The summed E-state index contributed by atoms with van der Waals surface area (Å²) in [7, 11) is 0. The number of thioether (sulfide) groups is 1. The molecule has 0 fully saturated rings. The minimum atomic E-state index is 0.188. The lowest BCUT2D eigenvalue weighted by Crippen LogP contribution is -2.32. The monoisotopic (exact) mass is 278 g/mol. The van der Waals surface area contributed by atoms with Crippen LogP contribution in [0.1, 0.15) is 43.5 Å². The number of nitrogens with zero attached hydrogens (tertiary/aromatic N) is 3. The van der Waals surface area contributed by atoms with Crippen LogP contribution in [-0.4, -0.2) is 27.7 Å². The van der Waals surface area contributed by atoms with Gasteiger partial charge < -0.3 is 5.32 Å². The summed E-state index contributed by atoms with van der Waals surface area (Å²) in [6, 6.07) is 2.22. The van der Waals surface area contributed by atoms with Gasteiger partial charge in [-0.2, -0.15) is 22.1 Å². The minimum absolute atomic E-state index is 0.188. The molecule has 0 bridgehead atoms. The molecule has 0 aliphatic heterocycles. The van der Waals surface area contributed by atoms with E-state index in [2.05, 4.69) is 41.7 Å². The summed E-state index contributed by atoms with van der Waals surface area (Å²) >= 11 is 1.86. The van der Waals surface area contributed by atoms with Gasteiger partial charge in [-0.1, -0.05) is 13.8 Å². The van der Waals surface area contributed by atoms with Gasteiger partial charge in [0.15, 0.2) is 5.82 Å². The maximum Gasteiger partial charge on any atom is 0.166 e. The Morgan fingerprint density at radius 2 is 1.89 bits per heavy atom. The van der Waals surface area contributed by atoms with Gasteiger partial charge in [0, 0.05) is 11.3 Å². The summed E-state index contributed by atoms with van der Waals surface area (Å²) < 4.78 is 0.188. The highest BCUT2D eigenvalue weighted by atomic mass is 32.2. The van der Waals surface area contributed by atoms with E-state index in [4.69, 9.17) is 0 Å². The van der Waals surface area contributed by atoms with E-state index in [9.17, 15) is 5.26 Å². The second kappa shape index (κ2) is 6.76. The molecule has 0 aromatic carbocycles. The van der Waals surface area contributed by atoms with E-state index in [1.54, 1.807) is 0 Å². The van der Waals surface area contributed by atoms with Crippen LogP contribution in [0.3, 0.4) is 0 Å². The zero-order valence-electron chi connectivity index (χ0n) is 12.4. The third kappa shape index (κ3) is 3.38. The summed E-state index contributed by atoms with van der Waals surface area (Å²) in [5.74, 6) is 0.603. The second-order valence-corrected chi connectivity index (χ2v) is 5.97. The molecule has 4 nitrogen and oxygen atoms in total. The van der Waals surface area contributed by atoms with Gasteiger partial charge in [0.05, 0.1) is 5.69 Å². The highest BCUT2D eigenvalue weighted by molar-refractivity contribution is 8.00. The average molecular weight is 278 g/mol. The number of nitrogens with one attached hydrogen (secondary N) is 1. The largest absolute Gasteiger partial charge is 0.366 e. The van der Waals surface area contributed by atoms with E-state index >= 15 is 0 Å². The Morgan fingerprint density at radius 1 is 1.26 bits per heavy atom. The SMILES string of the molecule is CCC(CC)(CNc1nnc(C)c(C)c1C#N)SC. The molecule has 0 saturated heterocycles. The summed E-state index contributed by atoms with van der Waals surface area (Å²) in [6.07, 6.45) is 4.29. The molecule has 1 heterocycles. The molecule has 0 unspecified atom stereocenters. The lowest BCUT2D eigenvalue weighted by Gasteiger charge is -2.30. The lowest BCUT2D eigenvalue weighted by atomic mass is 10.0. The van der Waals surface area contributed by atoms with Gasteiger partial charge in [-0.3, -0.25) is 0 Å². The molecule has 0 atom stereocenters. The van der Waals surface area contributed by atoms with Gasteiger partial charge in [0.1, 0.15) is 11.6 Å². The third-order valence-corrected chi connectivity index (χ3v) is 5.45. The molecule has 0 aliphatic rings. The van der Waals surface area contributed by atoms with Crippen LogP contribution in [0.4, 0.5) is 5.82 Å². The molecular weight excluding hydrogens is 256 g/mol. The molecule has 104 valence electrons. The first-order valence-electron chi connectivity index (χ1n) is 6.56. The number of hydrogen-bond donors (Lipinski definition) is 1. The molecule has 0 amide bonds. The Morgan fingerprint density at radius 3 is 2.37 bits per heavy atom. The molecule has 0 aliphatic carbocycles. The van der Waals surface area contributed by atoms with Crippen molar-refractivity contribution in [3.8, 4) is 6.07 Å². The maximum atomic E-state index is 9.26. The number of hydrogen-bond acceptors (Lipinski definition) is 5. The molecular formula is C14H22N4S. The van der Waals surface area contributed by atoms with Crippen molar-refractivity contribution < 1.29 is 0 Å². The normalized spacial score (nSPS) is 11.2. The fraction of sp³-hybridized carbons (Fsp3) is 0.643. The Bertz CT molecular complexity index is 467. The van der Waals surface area contributed by atoms with E-state index < -0.39 is 0 Å².